The number of aromatic nitrogens is 2. The third-order valence-corrected chi connectivity index (χ3v) is 4.42. The summed E-state index contributed by atoms with van der Waals surface area (Å²) in [4.78, 5) is 4.75. The molecule has 1 fully saturated rings. The minimum atomic E-state index is 0.674. The average molecular weight is 356 g/mol. The van der Waals surface area contributed by atoms with Gasteiger partial charge in [-0.3, -0.25) is 4.40 Å². The minimum absolute atomic E-state index is 0.674. The van der Waals surface area contributed by atoms with Gasteiger partial charge in [-0.25, -0.2) is 15.5 Å². The topological polar surface area (TPSA) is 54.2 Å². The van der Waals surface area contributed by atoms with Gasteiger partial charge in [0.2, 0.25) is 0 Å². The van der Waals surface area contributed by atoms with Crippen molar-refractivity contribution in [1.29, 1.82) is 0 Å². The van der Waals surface area contributed by atoms with Gasteiger partial charge in [0, 0.05) is 24.8 Å². The van der Waals surface area contributed by atoms with E-state index in [1.165, 1.54) is 0 Å². The van der Waals surface area contributed by atoms with Gasteiger partial charge in [-0.1, -0.05) is 29.8 Å². The number of hydrogen-bond donors (Lipinski definition) is 1. The number of halogens is 1. The van der Waals surface area contributed by atoms with Crippen LogP contribution in [0.25, 0.3) is 16.9 Å². The second-order valence-electron chi connectivity index (χ2n) is 5.71. The summed E-state index contributed by atoms with van der Waals surface area (Å²) in [6, 6.07) is 13.7. The fraction of sp³-hybridized carbons (Fsp3) is 0.222. The van der Waals surface area contributed by atoms with Gasteiger partial charge in [-0.05, 0) is 24.3 Å². The molecule has 0 unspecified atom stereocenters. The predicted molar refractivity (Wildman–Crippen MR) is 98.8 cm³/mol. The first-order valence-corrected chi connectivity index (χ1v) is 8.54. The highest BCUT2D eigenvalue weighted by Gasteiger charge is 2.13. The zero-order valence-corrected chi connectivity index (χ0v) is 14.4. The minimum Gasteiger partial charge on any atom is -0.379 e. The molecule has 0 atom stereocenters. The molecule has 3 aromatic rings. The van der Waals surface area contributed by atoms with Crippen LogP contribution < -0.4 is 5.53 Å². The molecule has 0 radical (unpaired) electrons. The number of imidazole rings is 1. The Labute approximate surface area is 150 Å². The van der Waals surface area contributed by atoms with Crippen LogP contribution >= 0.6 is 11.6 Å². The molecule has 1 saturated heterocycles. The van der Waals surface area contributed by atoms with Crippen LogP contribution in [0.1, 0.15) is 5.69 Å². The zero-order chi connectivity index (χ0) is 17.1. The van der Waals surface area contributed by atoms with Crippen LogP contribution in [0.2, 0.25) is 5.02 Å². The third kappa shape index (κ3) is 3.37. The molecule has 0 amide bonds. The highest BCUT2D eigenvalue weighted by molar-refractivity contribution is 6.33. The molecule has 0 bridgehead atoms. The number of morpholine rings is 1. The summed E-state index contributed by atoms with van der Waals surface area (Å²) in [6.07, 6.45) is 3.72. The van der Waals surface area contributed by atoms with E-state index in [4.69, 9.17) is 21.3 Å². The predicted octanol–water partition coefficient (Wildman–Crippen LogP) is 2.83. The maximum absolute atomic E-state index is 6.36. The monoisotopic (exact) mass is 355 g/mol. The van der Waals surface area contributed by atoms with Crippen molar-refractivity contribution >= 4 is 23.3 Å². The van der Waals surface area contributed by atoms with Crippen molar-refractivity contribution in [2.24, 2.45) is 5.10 Å². The number of pyridine rings is 1. The summed E-state index contributed by atoms with van der Waals surface area (Å²) in [5.41, 5.74) is 5.70. The first-order valence-electron chi connectivity index (χ1n) is 8.16. The fourth-order valence-corrected chi connectivity index (χ4v) is 3.04. The van der Waals surface area contributed by atoms with Gasteiger partial charge in [0.1, 0.15) is 11.5 Å². The molecular formula is C18H18ClN5O. The van der Waals surface area contributed by atoms with Gasteiger partial charge in [0.25, 0.3) is 0 Å². The Hall–Kier alpha value is -2.41. The number of nitrogens with zero attached hydrogens (tertiary/aromatic N) is 4. The normalized spacial score (nSPS) is 15.9. The Balaban J connectivity index is 1.66. The van der Waals surface area contributed by atoms with Crippen molar-refractivity contribution < 1.29 is 4.74 Å². The number of benzene rings is 1. The summed E-state index contributed by atoms with van der Waals surface area (Å²) < 4.78 is 7.35. The van der Waals surface area contributed by atoms with E-state index in [1.54, 1.807) is 6.21 Å². The lowest BCUT2D eigenvalue weighted by molar-refractivity contribution is 0.0128. The molecule has 0 saturated carbocycles. The van der Waals surface area contributed by atoms with Crippen molar-refractivity contribution in [2.75, 3.05) is 26.3 Å². The molecule has 0 aliphatic carbocycles. The van der Waals surface area contributed by atoms with Crippen LogP contribution in [0.15, 0.2) is 53.8 Å². The van der Waals surface area contributed by atoms with Gasteiger partial charge in [-0.15, -0.1) is 0 Å². The van der Waals surface area contributed by atoms with E-state index in [0.29, 0.717) is 18.2 Å². The molecule has 2 aromatic heterocycles. The van der Waals surface area contributed by atoms with E-state index in [-0.39, 0.29) is 0 Å². The van der Waals surface area contributed by atoms with E-state index in [2.05, 4.69) is 10.6 Å². The number of hydrazine groups is 1. The van der Waals surface area contributed by atoms with E-state index < -0.39 is 0 Å². The summed E-state index contributed by atoms with van der Waals surface area (Å²) >= 11 is 6.36. The molecule has 1 aliphatic rings. The maximum Gasteiger partial charge on any atom is 0.146 e. The molecule has 1 N–H and O–H groups in total. The van der Waals surface area contributed by atoms with E-state index in [0.717, 1.165) is 35.7 Å². The number of fused-ring (bicyclic) bond motifs is 1. The zero-order valence-electron chi connectivity index (χ0n) is 13.6. The average Bonchev–Trinajstić information content (AvgIpc) is 3.02. The fourth-order valence-electron chi connectivity index (χ4n) is 2.82. The van der Waals surface area contributed by atoms with Crippen LogP contribution in [-0.4, -0.2) is 46.9 Å². The summed E-state index contributed by atoms with van der Waals surface area (Å²) in [5, 5.41) is 7.03. The largest absolute Gasteiger partial charge is 0.379 e. The maximum atomic E-state index is 6.36. The van der Waals surface area contributed by atoms with Crippen LogP contribution in [0, 0.1) is 0 Å². The standard InChI is InChI=1S/C18H18ClN5O/c19-15-6-2-1-5-14(15)18-21-16(17-7-3-4-8-24(17)18)13-20-22-23-9-11-25-12-10-23/h1-8,13,22H,9-12H2/b20-13-. The molecule has 0 spiro atoms. The number of rotatable bonds is 4. The lowest BCUT2D eigenvalue weighted by Gasteiger charge is -2.25. The van der Waals surface area contributed by atoms with Crippen molar-refractivity contribution in [3.63, 3.8) is 0 Å². The molecule has 7 heteroatoms. The summed E-state index contributed by atoms with van der Waals surface area (Å²) in [6.45, 7) is 3.05. The molecule has 3 heterocycles. The van der Waals surface area contributed by atoms with E-state index in [9.17, 15) is 0 Å². The summed E-state index contributed by atoms with van der Waals surface area (Å²) in [7, 11) is 0. The van der Waals surface area contributed by atoms with Crippen LogP contribution in [-0.2, 0) is 4.74 Å². The second-order valence-corrected chi connectivity index (χ2v) is 6.12. The van der Waals surface area contributed by atoms with Gasteiger partial charge >= 0.3 is 0 Å². The molecule has 25 heavy (non-hydrogen) atoms. The SMILES string of the molecule is Clc1ccccc1-c1nc(/C=N\NN2CCOCC2)c2ccccn12. The van der Waals surface area contributed by atoms with Crippen LogP contribution in [0.5, 0.6) is 0 Å². The molecular weight excluding hydrogens is 338 g/mol. The Morgan fingerprint density at radius 1 is 1.12 bits per heavy atom. The Bertz CT molecular complexity index is 901. The van der Waals surface area contributed by atoms with Crippen LogP contribution in [0.3, 0.4) is 0 Å². The molecule has 128 valence electrons. The lowest BCUT2D eigenvalue weighted by Crippen LogP contribution is -2.43. The van der Waals surface area contributed by atoms with Crippen molar-refractivity contribution in [2.45, 2.75) is 0 Å². The summed E-state index contributed by atoms with van der Waals surface area (Å²) in [5.74, 6) is 0.800. The van der Waals surface area contributed by atoms with Gasteiger partial charge in [0.05, 0.1) is 30.0 Å². The van der Waals surface area contributed by atoms with Crippen LogP contribution in [0.4, 0.5) is 0 Å². The quantitative estimate of drug-likeness (QED) is 0.577. The van der Waals surface area contributed by atoms with Gasteiger partial charge in [0.15, 0.2) is 0 Å². The molecule has 1 aromatic carbocycles. The highest BCUT2D eigenvalue weighted by Crippen LogP contribution is 2.28. The molecule has 6 nitrogen and oxygen atoms in total. The molecule has 1 aliphatic heterocycles. The van der Waals surface area contributed by atoms with E-state index >= 15 is 0 Å². The van der Waals surface area contributed by atoms with Gasteiger partial charge in [-0.2, -0.15) is 5.10 Å². The first-order chi connectivity index (χ1) is 12.3. The Morgan fingerprint density at radius 3 is 2.76 bits per heavy atom. The van der Waals surface area contributed by atoms with E-state index in [1.807, 2.05) is 58.1 Å². The second kappa shape index (κ2) is 7.23. The Morgan fingerprint density at radius 2 is 1.92 bits per heavy atom. The number of hydrogen-bond acceptors (Lipinski definition) is 5. The van der Waals surface area contributed by atoms with Crippen molar-refractivity contribution in [1.82, 2.24) is 19.9 Å². The Kier molecular flexibility index (Phi) is 4.65. The number of hydrazone groups is 1. The first kappa shape index (κ1) is 16.1. The van der Waals surface area contributed by atoms with Gasteiger partial charge < -0.3 is 4.74 Å². The smallest absolute Gasteiger partial charge is 0.146 e. The number of nitrogens with one attached hydrogen (secondary N) is 1. The molecule has 4 rings (SSSR count). The third-order valence-electron chi connectivity index (χ3n) is 4.09. The number of ether oxygens (including phenoxy) is 1. The van der Waals surface area contributed by atoms with Crippen molar-refractivity contribution in [3.8, 4) is 11.4 Å². The lowest BCUT2D eigenvalue weighted by atomic mass is 10.2. The van der Waals surface area contributed by atoms with Crippen molar-refractivity contribution in [3.05, 3.63) is 59.4 Å². The highest BCUT2D eigenvalue weighted by atomic mass is 35.5.